The van der Waals surface area contributed by atoms with Gasteiger partial charge in [-0.25, -0.2) is 0 Å². The highest BCUT2D eigenvalue weighted by Gasteiger charge is 2.24. The van der Waals surface area contributed by atoms with Crippen LogP contribution in [-0.4, -0.2) is 66.3 Å². The number of hydrogen-bond donors (Lipinski definition) is 1. The summed E-state index contributed by atoms with van der Waals surface area (Å²) in [6, 6.07) is 9.93. The van der Waals surface area contributed by atoms with Crippen molar-refractivity contribution in [3.8, 4) is 0 Å². The van der Waals surface area contributed by atoms with E-state index in [4.69, 9.17) is 9.84 Å². The first-order chi connectivity index (χ1) is 10.6. The molecule has 1 saturated heterocycles. The maximum atomic E-state index is 11.1. The maximum Gasteiger partial charge on any atom is 0.320 e. The van der Waals surface area contributed by atoms with Crippen LogP contribution in [0.5, 0.6) is 0 Å². The predicted octanol–water partition coefficient (Wildman–Crippen LogP) is 1.68. The SMILES string of the molecule is CC(C(=O)O)N(C)CC1CN(Cc2ccccc2)CCCO1. The minimum Gasteiger partial charge on any atom is -0.480 e. The first-order valence-corrected chi connectivity index (χ1v) is 7.87. The molecule has 0 aromatic heterocycles. The Labute approximate surface area is 132 Å². The summed E-state index contributed by atoms with van der Waals surface area (Å²) in [5.74, 6) is -0.794. The molecule has 22 heavy (non-hydrogen) atoms. The zero-order valence-electron chi connectivity index (χ0n) is 13.4. The Morgan fingerprint density at radius 3 is 2.86 bits per heavy atom. The lowest BCUT2D eigenvalue weighted by atomic mass is 10.2. The highest BCUT2D eigenvalue weighted by atomic mass is 16.5. The molecule has 0 bridgehead atoms. The van der Waals surface area contributed by atoms with E-state index in [1.54, 1.807) is 6.92 Å². The van der Waals surface area contributed by atoms with E-state index in [1.807, 2.05) is 18.0 Å². The van der Waals surface area contributed by atoms with Crippen LogP contribution in [0.25, 0.3) is 0 Å². The molecular weight excluding hydrogens is 280 g/mol. The lowest BCUT2D eigenvalue weighted by Crippen LogP contribution is -2.44. The molecule has 2 rings (SSSR count). The van der Waals surface area contributed by atoms with Crippen LogP contribution in [0.2, 0.25) is 0 Å². The monoisotopic (exact) mass is 306 g/mol. The highest BCUT2D eigenvalue weighted by molar-refractivity contribution is 5.72. The van der Waals surface area contributed by atoms with E-state index in [1.165, 1.54) is 5.56 Å². The van der Waals surface area contributed by atoms with Gasteiger partial charge in [-0.2, -0.15) is 0 Å². The van der Waals surface area contributed by atoms with Gasteiger partial charge in [-0.15, -0.1) is 0 Å². The maximum absolute atomic E-state index is 11.1. The number of carboxylic acid groups (broad SMARTS) is 1. The number of rotatable bonds is 6. The van der Waals surface area contributed by atoms with Crippen molar-refractivity contribution in [1.82, 2.24) is 9.80 Å². The van der Waals surface area contributed by atoms with Crippen molar-refractivity contribution >= 4 is 5.97 Å². The van der Waals surface area contributed by atoms with Gasteiger partial charge >= 0.3 is 5.97 Å². The molecule has 122 valence electrons. The summed E-state index contributed by atoms with van der Waals surface area (Å²) in [5, 5.41) is 9.09. The molecule has 0 spiro atoms. The average molecular weight is 306 g/mol. The van der Waals surface area contributed by atoms with E-state index in [0.29, 0.717) is 6.54 Å². The second-order valence-electron chi connectivity index (χ2n) is 6.02. The zero-order valence-corrected chi connectivity index (χ0v) is 13.4. The highest BCUT2D eigenvalue weighted by Crippen LogP contribution is 2.12. The summed E-state index contributed by atoms with van der Waals surface area (Å²) in [6.07, 6.45) is 1.07. The third-order valence-corrected chi connectivity index (χ3v) is 4.19. The summed E-state index contributed by atoms with van der Waals surface area (Å²) >= 11 is 0. The molecule has 2 atom stereocenters. The molecule has 2 unspecified atom stereocenters. The Bertz CT molecular complexity index is 466. The first-order valence-electron chi connectivity index (χ1n) is 7.87. The van der Waals surface area contributed by atoms with E-state index >= 15 is 0 Å². The van der Waals surface area contributed by atoms with Crippen molar-refractivity contribution in [3.05, 3.63) is 35.9 Å². The summed E-state index contributed by atoms with van der Waals surface area (Å²) < 4.78 is 5.90. The summed E-state index contributed by atoms with van der Waals surface area (Å²) in [5.41, 5.74) is 1.30. The van der Waals surface area contributed by atoms with E-state index in [0.717, 1.165) is 32.7 Å². The molecule has 1 heterocycles. The molecule has 1 aliphatic rings. The second-order valence-corrected chi connectivity index (χ2v) is 6.02. The van der Waals surface area contributed by atoms with Gasteiger partial charge in [-0.3, -0.25) is 14.6 Å². The number of nitrogens with zero attached hydrogens (tertiary/aromatic N) is 2. The summed E-state index contributed by atoms with van der Waals surface area (Å²) in [7, 11) is 1.84. The van der Waals surface area contributed by atoms with Gasteiger partial charge < -0.3 is 9.84 Å². The largest absolute Gasteiger partial charge is 0.480 e. The Hall–Kier alpha value is -1.43. The number of likely N-dealkylation sites (N-methyl/N-ethyl adjacent to an activating group) is 1. The van der Waals surface area contributed by atoms with Crippen molar-refractivity contribution in [2.45, 2.75) is 32.0 Å². The number of aliphatic carboxylic acids is 1. The van der Waals surface area contributed by atoms with Crippen LogP contribution in [0.1, 0.15) is 18.9 Å². The third-order valence-electron chi connectivity index (χ3n) is 4.19. The minimum absolute atomic E-state index is 0.0537. The van der Waals surface area contributed by atoms with Crippen molar-refractivity contribution in [2.75, 3.05) is 33.3 Å². The molecule has 5 nitrogen and oxygen atoms in total. The van der Waals surface area contributed by atoms with E-state index in [9.17, 15) is 4.79 Å². The quantitative estimate of drug-likeness (QED) is 0.866. The van der Waals surface area contributed by atoms with Gasteiger partial charge in [0.1, 0.15) is 6.04 Å². The van der Waals surface area contributed by atoms with Crippen LogP contribution >= 0.6 is 0 Å². The van der Waals surface area contributed by atoms with E-state index in [2.05, 4.69) is 29.2 Å². The second kappa shape index (κ2) is 8.27. The molecule has 1 fully saturated rings. The van der Waals surface area contributed by atoms with Crippen molar-refractivity contribution in [1.29, 1.82) is 0 Å². The van der Waals surface area contributed by atoms with Crippen LogP contribution in [-0.2, 0) is 16.1 Å². The minimum atomic E-state index is -0.794. The molecule has 0 saturated carbocycles. The normalized spacial score (nSPS) is 21.5. The van der Waals surface area contributed by atoms with Crippen LogP contribution in [0.15, 0.2) is 30.3 Å². The van der Waals surface area contributed by atoms with Gasteiger partial charge in [0.15, 0.2) is 0 Å². The fourth-order valence-corrected chi connectivity index (χ4v) is 2.73. The number of benzene rings is 1. The molecule has 1 aromatic rings. The van der Waals surface area contributed by atoms with Gasteiger partial charge in [0.25, 0.3) is 0 Å². The first kappa shape index (κ1) is 16.9. The molecule has 1 aromatic carbocycles. The Kier molecular flexibility index (Phi) is 6.36. The molecule has 0 radical (unpaired) electrons. The lowest BCUT2D eigenvalue weighted by molar-refractivity contribution is -0.142. The van der Waals surface area contributed by atoms with Crippen molar-refractivity contribution in [3.63, 3.8) is 0 Å². The van der Waals surface area contributed by atoms with Crippen molar-refractivity contribution < 1.29 is 14.6 Å². The molecule has 1 aliphatic heterocycles. The fraction of sp³-hybridized carbons (Fsp3) is 0.588. The van der Waals surface area contributed by atoms with Crippen molar-refractivity contribution in [2.24, 2.45) is 0 Å². The predicted molar refractivity (Wildman–Crippen MR) is 85.8 cm³/mol. The number of hydrogen-bond acceptors (Lipinski definition) is 4. The Balaban J connectivity index is 1.91. The van der Waals surface area contributed by atoms with Gasteiger partial charge in [0.2, 0.25) is 0 Å². The van der Waals surface area contributed by atoms with Crippen LogP contribution < -0.4 is 0 Å². The fourth-order valence-electron chi connectivity index (χ4n) is 2.73. The molecule has 0 aliphatic carbocycles. The topological polar surface area (TPSA) is 53.0 Å². The van der Waals surface area contributed by atoms with Crippen LogP contribution in [0.4, 0.5) is 0 Å². The van der Waals surface area contributed by atoms with E-state index < -0.39 is 12.0 Å². The zero-order chi connectivity index (χ0) is 15.9. The Morgan fingerprint density at radius 1 is 1.45 bits per heavy atom. The number of carbonyl (C=O) groups is 1. The van der Waals surface area contributed by atoms with E-state index in [-0.39, 0.29) is 6.10 Å². The number of ether oxygens (including phenoxy) is 1. The van der Waals surface area contributed by atoms with Gasteiger partial charge in [0.05, 0.1) is 6.10 Å². The molecule has 0 amide bonds. The Morgan fingerprint density at radius 2 is 2.18 bits per heavy atom. The van der Waals surface area contributed by atoms with Crippen LogP contribution in [0.3, 0.4) is 0 Å². The standard InChI is InChI=1S/C17H26N2O3/c1-14(17(20)21)18(2)12-16-13-19(9-6-10-22-16)11-15-7-4-3-5-8-15/h3-5,7-8,14,16H,6,9-13H2,1-2H3,(H,20,21). The van der Waals surface area contributed by atoms with Gasteiger partial charge in [-0.05, 0) is 26.0 Å². The average Bonchev–Trinajstić information content (AvgIpc) is 2.72. The third kappa shape index (κ3) is 5.09. The molecular formula is C17H26N2O3. The van der Waals surface area contributed by atoms with Gasteiger partial charge in [-0.1, -0.05) is 30.3 Å². The molecule has 5 heteroatoms. The van der Waals surface area contributed by atoms with Gasteiger partial charge in [0, 0.05) is 32.8 Å². The smallest absolute Gasteiger partial charge is 0.320 e. The number of carboxylic acids is 1. The molecule has 1 N–H and O–H groups in total. The summed E-state index contributed by atoms with van der Waals surface area (Å²) in [6.45, 7) is 5.86. The summed E-state index contributed by atoms with van der Waals surface area (Å²) in [4.78, 5) is 15.3. The van der Waals surface area contributed by atoms with Crippen LogP contribution in [0, 0.1) is 0 Å². The lowest BCUT2D eigenvalue weighted by Gasteiger charge is -2.29.